The topological polar surface area (TPSA) is 70.3 Å². The van der Waals surface area contributed by atoms with Crippen molar-refractivity contribution in [1.82, 2.24) is 20.1 Å². The fourth-order valence-corrected chi connectivity index (χ4v) is 2.31. The molecule has 0 unspecified atom stereocenters. The molecule has 0 bridgehead atoms. The van der Waals surface area contributed by atoms with E-state index in [1.165, 1.54) is 0 Å². The van der Waals surface area contributed by atoms with Crippen LogP contribution in [0.5, 0.6) is 0 Å². The largest absolute Gasteiger partial charge is 0.389 e. The van der Waals surface area contributed by atoms with Gasteiger partial charge in [0.15, 0.2) is 5.82 Å². The van der Waals surface area contributed by atoms with Gasteiger partial charge < -0.3 is 16.1 Å². The number of hydrogen-bond acceptors (Lipinski definition) is 6. The molecule has 19 heavy (non-hydrogen) atoms. The Morgan fingerprint density at radius 2 is 1.84 bits per heavy atom. The fraction of sp³-hybridized carbons (Fsp3) is 0.583. The van der Waals surface area contributed by atoms with Crippen molar-refractivity contribution in [2.24, 2.45) is 5.73 Å². The zero-order valence-electron chi connectivity index (χ0n) is 11.6. The van der Waals surface area contributed by atoms with Crippen LogP contribution in [0, 0.1) is 13.8 Å². The van der Waals surface area contributed by atoms with Crippen LogP contribution in [0.3, 0.4) is 0 Å². The number of anilines is 1. The molecular weight excluding hydrogens is 260 g/mol. The molecule has 0 aromatic carbocycles. The monoisotopic (exact) mass is 280 g/mol. The van der Waals surface area contributed by atoms with Gasteiger partial charge in [-0.25, -0.2) is 5.01 Å². The molecule has 1 saturated heterocycles. The highest BCUT2D eigenvalue weighted by molar-refractivity contribution is 7.80. The maximum Gasteiger partial charge on any atom is 0.173 e. The van der Waals surface area contributed by atoms with Crippen LogP contribution in [0.25, 0.3) is 0 Å². The Morgan fingerprint density at radius 3 is 2.42 bits per heavy atom. The second kappa shape index (κ2) is 5.77. The second-order valence-corrected chi connectivity index (χ2v) is 5.34. The third kappa shape index (κ3) is 3.17. The number of aryl methyl sites for hydroxylation is 1. The van der Waals surface area contributed by atoms with Crippen LogP contribution in [0.1, 0.15) is 16.8 Å². The number of nitrogens with one attached hydrogen (secondary N) is 1. The van der Waals surface area contributed by atoms with E-state index in [4.69, 9.17) is 18.0 Å². The van der Waals surface area contributed by atoms with Gasteiger partial charge >= 0.3 is 0 Å². The lowest BCUT2D eigenvalue weighted by Crippen LogP contribution is -2.47. The van der Waals surface area contributed by atoms with Gasteiger partial charge in [-0.15, -0.1) is 5.10 Å². The number of hydrazine groups is 1. The van der Waals surface area contributed by atoms with Crippen LogP contribution in [-0.2, 0) is 0 Å². The summed E-state index contributed by atoms with van der Waals surface area (Å²) < 4.78 is 0. The van der Waals surface area contributed by atoms with Crippen molar-refractivity contribution in [3.8, 4) is 0 Å². The number of piperazine rings is 1. The minimum atomic E-state index is 0.354. The smallest absolute Gasteiger partial charge is 0.173 e. The molecule has 6 nitrogen and oxygen atoms in total. The molecule has 0 atom stereocenters. The van der Waals surface area contributed by atoms with E-state index in [1.807, 2.05) is 13.8 Å². The van der Waals surface area contributed by atoms with E-state index in [-0.39, 0.29) is 0 Å². The summed E-state index contributed by atoms with van der Waals surface area (Å²) in [6, 6.07) is 0. The first-order chi connectivity index (χ1) is 8.99. The van der Waals surface area contributed by atoms with Gasteiger partial charge in [0.25, 0.3) is 0 Å². The lowest BCUT2D eigenvalue weighted by Gasteiger charge is -2.33. The predicted octanol–water partition coefficient (Wildman–Crippen LogP) is 0.302. The zero-order chi connectivity index (χ0) is 14.0. The van der Waals surface area contributed by atoms with Crippen LogP contribution >= 0.6 is 12.2 Å². The maximum atomic E-state index is 5.81. The van der Waals surface area contributed by atoms with Crippen LogP contribution in [0.15, 0.2) is 0 Å². The maximum absolute atomic E-state index is 5.81. The Kier molecular flexibility index (Phi) is 4.28. The molecule has 1 fully saturated rings. The van der Waals surface area contributed by atoms with Gasteiger partial charge in [-0.2, -0.15) is 5.10 Å². The molecule has 1 aliphatic heterocycles. The standard InChI is InChI=1S/C12H20N6S/c1-8-9(2)14-15-12(10(8)11(13)19)16-18-6-4-17(3)5-7-18/h4-7H2,1-3H3,(H2,13,19)(H,15,16). The average molecular weight is 280 g/mol. The first-order valence-corrected chi connectivity index (χ1v) is 6.73. The molecule has 0 aliphatic carbocycles. The number of thiocarbonyl (C=S) groups is 1. The minimum Gasteiger partial charge on any atom is -0.389 e. The Morgan fingerprint density at radius 1 is 1.21 bits per heavy atom. The molecule has 3 N–H and O–H groups in total. The minimum absolute atomic E-state index is 0.354. The van der Waals surface area contributed by atoms with E-state index in [0.29, 0.717) is 10.8 Å². The molecule has 2 rings (SSSR count). The second-order valence-electron chi connectivity index (χ2n) is 4.90. The van der Waals surface area contributed by atoms with Crippen molar-refractivity contribution in [3.63, 3.8) is 0 Å². The lowest BCUT2D eigenvalue weighted by atomic mass is 10.1. The van der Waals surface area contributed by atoms with E-state index >= 15 is 0 Å². The van der Waals surface area contributed by atoms with Gasteiger partial charge in [0.05, 0.1) is 11.3 Å². The van der Waals surface area contributed by atoms with Crippen LogP contribution in [0.4, 0.5) is 5.82 Å². The van der Waals surface area contributed by atoms with Crippen molar-refractivity contribution in [1.29, 1.82) is 0 Å². The number of nitrogens with two attached hydrogens (primary N) is 1. The molecule has 1 aliphatic rings. The summed E-state index contributed by atoms with van der Waals surface area (Å²) in [5.41, 5.74) is 11.7. The number of hydrogen-bond donors (Lipinski definition) is 2. The van der Waals surface area contributed by atoms with Gasteiger partial charge in [-0.05, 0) is 26.5 Å². The third-order valence-electron chi connectivity index (χ3n) is 3.47. The zero-order valence-corrected chi connectivity index (χ0v) is 12.4. The Balaban J connectivity index is 2.20. The fourth-order valence-electron chi connectivity index (χ4n) is 2.06. The van der Waals surface area contributed by atoms with Crippen molar-refractivity contribution in [2.75, 3.05) is 38.7 Å². The SMILES string of the molecule is Cc1nnc(NN2CCN(C)CC2)c(C(N)=S)c1C. The van der Waals surface area contributed by atoms with Crippen molar-refractivity contribution in [2.45, 2.75) is 13.8 Å². The highest BCUT2D eigenvalue weighted by Crippen LogP contribution is 2.19. The highest BCUT2D eigenvalue weighted by Gasteiger charge is 2.18. The number of likely N-dealkylation sites (N-methyl/N-ethyl adjacent to an activating group) is 1. The van der Waals surface area contributed by atoms with E-state index in [0.717, 1.165) is 43.0 Å². The first kappa shape index (κ1) is 14.1. The molecule has 1 aromatic heterocycles. The molecule has 0 spiro atoms. The molecule has 7 heteroatoms. The Hall–Kier alpha value is -1.31. The number of rotatable bonds is 3. The van der Waals surface area contributed by atoms with Crippen molar-refractivity contribution < 1.29 is 0 Å². The van der Waals surface area contributed by atoms with Crippen LogP contribution in [-0.4, -0.2) is 58.3 Å². The molecule has 1 aromatic rings. The van der Waals surface area contributed by atoms with E-state index in [9.17, 15) is 0 Å². The molecular formula is C12H20N6S. The number of nitrogens with zero attached hydrogens (tertiary/aromatic N) is 4. The molecule has 0 radical (unpaired) electrons. The van der Waals surface area contributed by atoms with E-state index < -0.39 is 0 Å². The van der Waals surface area contributed by atoms with Gasteiger partial charge in [0.1, 0.15) is 4.99 Å². The number of aromatic nitrogens is 2. The lowest BCUT2D eigenvalue weighted by molar-refractivity contribution is 0.178. The van der Waals surface area contributed by atoms with Gasteiger partial charge in [-0.3, -0.25) is 0 Å². The summed E-state index contributed by atoms with van der Waals surface area (Å²) in [5.74, 6) is 0.653. The summed E-state index contributed by atoms with van der Waals surface area (Å²) in [6.45, 7) is 7.78. The first-order valence-electron chi connectivity index (χ1n) is 6.33. The normalized spacial score (nSPS) is 17.4. The molecule has 0 saturated carbocycles. The van der Waals surface area contributed by atoms with Crippen LogP contribution in [0.2, 0.25) is 0 Å². The van der Waals surface area contributed by atoms with Gasteiger partial charge in [-0.1, -0.05) is 12.2 Å². The molecule has 104 valence electrons. The van der Waals surface area contributed by atoms with Gasteiger partial charge in [0, 0.05) is 26.2 Å². The Bertz CT molecular complexity index is 481. The third-order valence-corrected chi connectivity index (χ3v) is 3.67. The quantitative estimate of drug-likeness (QED) is 0.772. The average Bonchev–Trinajstić information content (AvgIpc) is 2.36. The summed E-state index contributed by atoms with van der Waals surface area (Å²) >= 11 is 5.13. The van der Waals surface area contributed by atoms with Crippen molar-refractivity contribution in [3.05, 3.63) is 16.8 Å². The van der Waals surface area contributed by atoms with Crippen molar-refractivity contribution >= 4 is 23.0 Å². The van der Waals surface area contributed by atoms with E-state index in [1.54, 1.807) is 0 Å². The van der Waals surface area contributed by atoms with E-state index in [2.05, 4.69) is 32.6 Å². The molecule has 2 heterocycles. The van der Waals surface area contributed by atoms with Crippen LogP contribution < -0.4 is 11.2 Å². The summed E-state index contributed by atoms with van der Waals surface area (Å²) in [7, 11) is 2.12. The molecule has 0 amide bonds. The van der Waals surface area contributed by atoms with Gasteiger partial charge in [0.2, 0.25) is 0 Å². The predicted molar refractivity (Wildman–Crippen MR) is 80.1 cm³/mol. The summed E-state index contributed by atoms with van der Waals surface area (Å²) in [5, 5.41) is 10.5. The summed E-state index contributed by atoms with van der Waals surface area (Å²) in [4.78, 5) is 2.64. The highest BCUT2D eigenvalue weighted by atomic mass is 32.1. The summed E-state index contributed by atoms with van der Waals surface area (Å²) in [6.07, 6.45) is 0. The Labute approximate surface area is 118 Å².